The van der Waals surface area contributed by atoms with Crippen LogP contribution in [0.25, 0.3) is 0 Å². The van der Waals surface area contributed by atoms with E-state index in [1.165, 1.54) is 18.3 Å². The molecule has 2 aromatic rings. The second-order valence-electron chi connectivity index (χ2n) is 9.93. The van der Waals surface area contributed by atoms with Gasteiger partial charge in [0.2, 0.25) is 0 Å². The molecule has 1 atom stereocenters. The van der Waals surface area contributed by atoms with Gasteiger partial charge in [-0.05, 0) is 55.5 Å². The summed E-state index contributed by atoms with van der Waals surface area (Å²) in [7, 11) is 0. The minimum Gasteiger partial charge on any atom is -0.389 e. The highest BCUT2D eigenvalue weighted by molar-refractivity contribution is 6.04. The van der Waals surface area contributed by atoms with E-state index in [0.29, 0.717) is 56.7 Å². The van der Waals surface area contributed by atoms with Crippen molar-refractivity contribution in [2.45, 2.75) is 43.0 Å². The number of β-amino-alcohol motifs (C(OH)–C–C–N with tert-alkyl or cyclic N) is 1. The lowest BCUT2D eigenvalue weighted by Crippen LogP contribution is -2.55. The molecule has 2 aromatic carbocycles. The Balaban J connectivity index is 1.26. The molecule has 3 N–H and O–H groups in total. The van der Waals surface area contributed by atoms with Crippen LogP contribution in [0.2, 0.25) is 0 Å². The van der Waals surface area contributed by atoms with Gasteiger partial charge >= 0.3 is 0 Å². The molecule has 2 aliphatic heterocycles. The number of carbonyl (C=O) groups is 1. The van der Waals surface area contributed by atoms with E-state index in [2.05, 4.69) is 0 Å². The molecule has 0 amide bonds. The lowest BCUT2D eigenvalue weighted by atomic mass is 9.83. The molecule has 10 heteroatoms. The van der Waals surface area contributed by atoms with Crippen LogP contribution in [0, 0.1) is 23.3 Å². The van der Waals surface area contributed by atoms with Crippen molar-refractivity contribution in [3.05, 3.63) is 83.1 Å². The fraction of sp³-hybridized carbons (Fsp3) is 0.444. The standard InChI is InChI=1S/C27H30F4N2O4/c28-20-3-1-19(2-4-20)26(36)6-13-33(14-7-26)17-24(35)27(37)8-11-32(12-9-27)10-5-23(34)18-15-21(29)25(31)22(30)16-18/h1-5,10,15-16,24,35-37H,6-9,11-14,17H2. The molecule has 2 saturated heterocycles. The molecule has 0 spiro atoms. The molecule has 0 radical (unpaired) electrons. The van der Waals surface area contributed by atoms with E-state index in [0.717, 1.165) is 6.08 Å². The molecule has 0 saturated carbocycles. The maximum absolute atomic E-state index is 13.4. The smallest absolute Gasteiger partial charge is 0.194 e. The second-order valence-corrected chi connectivity index (χ2v) is 9.93. The van der Waals surface area contributed by atoms with Crippen LogP contribution in [0.4, 0.5) is 17.6 Å². The molecule has 200 valence electrons. The van der Waals surface area contributed by atoms with Crippen molar-refractivity contribution in [1.82, 2.24) is 9.80 Å². The van der Waals surface area contributed by atoms with E-state index in [1.807, 2.05) is 4.90 Å². The zero-order valence-corrected chi connectivity index (χ0v) is 20.2. The summed E-state index contributed by atoms with van der Waals surface area (Å²) in [6.07, 6.45) is 2.86. The van der Waals surface area contributed by atoms with Gasteiger partial charge in [-0.2, -0.15) is 0 Å². The Hall–Kier alpha value is -2.79. The number of piperidine rings is 2. The van der Waals surface area contributed by atoms with E-state index >= 15 is 0 Å². The van der Waals surface area contributed by atoms with Gasteiger partial charge in [0.25, 0.3) is 0 Å². The maximum Gasteiger partial charge on any atom is 0.194 e. The molecule has 0 aromatic heterocycles. The third-order valence-electron chi connectivity index (χ3n) is 7.49. The van der Waals surface area contributed by atoms with Crippen molar-refractivity contribution in [3.63, 3.8) is 0 Å². The zero-order chi connectivity index (χ0) is 26.8. The lowest BCUT2D eigenvalue weighted by molar-refractivity contribution is -0.119. The van der Waals surface area contributed by atoms with Crippen molar-refractivity contribution in [2.24, 2.45) is 0 Å². The molecule has 6 nitrogen and oxygen atoms in total. The maximum atomic E-state index is 13.4. The van der Waals surface area contributed by atoms with E-state index in [1.54, 1.807) is 17.0 Å². The van der Waals surface area contributed by atoms with Crippen LogP contribution < -0.4 is 0 Å². The number of allylic oxidation sites excluding steroid dienone is 1. The van der Waals surface area contributed by atoms with Gasteiger partial charge in [-0.25, -0.2) is 17.6 Å². The van der Waals surface area contributed by atoms with Crippen LogP contribution in [0.1, 0.15) is 41.6 Å². The van der Waals surface area contributed by atoms with E-state index < -0.39 is 40.5 Å². The molecule has 2 fully saturated rings. The predicted octanol–water partition coefficient (Wildman–Crippen LogP) is 3.11. The minimum absolute atomic E-state index is 0.228. The van der Waals surface area contributed by atoms with Gasteiger partial charge in [0, 0.05) is 50.6 Å². The quantitative estimate of drug-likeness (QED) is 0.224. The summed E-state index contributed by atoms with van der Waals surface area (Å²) in [5.74, 6) is -5.58. The summed E-state index contributed by atoms with van der Waals surface area (Å²) >= 11 is 0. The summed E-state index contributed by atoms with van der Waals surface area (Å²) < 4.78 is 53.0. The SMILES string of the molecule is O=C(C=CN1CCC(O)(C(O)CN2CCC(O)(c3ccc(F)cc3)CC2)CC1)c1cc(F)c(F)c(F)c1. The Kier molecular flexibility index (Phi) is 8.03. The Morgan fingerprint density at radius 1 is 0.919 bits per heavy atom. The number of ketones is 1. The number of aliphatic hydroxyl groups excluding tert-OH is 1. The van der Waals surface area contributed by atoms with Crippen molar-refractivity contribution < 1.29 is 37.7 Å². The van der Waals surface area contributed by atoms with Crippen LogP contribution in [-0.4, -0.2) is 75.3 Å². The normalized spacial score (nSPS) is 20.8. The number of nitrogens with zero attached hydrogens (tertiary/aromatic N) is 2. The van der Waals surface area contributed by atoms with Gasteiger partial charge in [0.05, 0.1) is 17.3 Å². The van der Waals surface area contributed by atoms with E-state index in [4.69, 9.17) is 0 Å². The Morgan fingerprint density at radius 2 is 1.49 bits per heavy atom. The summed E-state index contributed by atoms with van der Waals surface area (Å²) in [6, 6.07) is 7.07. The van der Waals surface area contributed by atoms with Crippen LogP contribution in [0.5, 0.6) is 0 Å². The van der Waals surface area contributed by atoms with E-state index in [9.17, 15) is 37.7 Å². The number of halogens is 4. The largest absolute Gasteiger partial charge is 0.389 e. The van der Waals surface area contributed by atoms with Crippen LogP contribution in [0.15, 0.2) is 48.7 Å². The summed E-state index contributed by atoms with van der Waals surface area (Å²) in [5, 5.41) is 32.8. The number of carbonyl (C=O) groups excluding carboxylic acids is 1. The van der Waals surface area contributed by atoms with Gasteiger partial charge < -0.3 is 25.1 Å². The molecule has 4 rings (SSSR count). The third-order valence-corrected chi connectivity index (χ3v) is 7.49. The number of benzene rings is 2. The van der Waals surface area contributed by atoms with Crippen molar-refractivity contribution in [3.8, 4) is 0 Å². The number of hydrogen-bond donors (Lipinski definition) is 3. The van der Waals surface area contributed by atoms with Gasteiger partial charge in [-0.3, -0.25) is 4.79 Å². The fourth-order valence-corrected chi connectivity index (χ4v) is 4.93. The Morgan fingerprint density at radius 3 is 2.05 bits per heavy atom. The monoisotopic (exact) mass is 522 g/mol. The average Bonchev–Trinajstić information content (AvgIpc) is 2.88. The molecule has 1 unspecified atom stereocenters. The predicted molar refractivity (Wildman–Crippen MR) is 128 cm³/mol. The van der Waals surface area contributed by atoms with Crippen molar-refractivity contribution >= 4 is 5.78 Å². The van der Waals surface area contributed by atoms with Gasteiger partial charge in [0.15, 0.2) is 23.2 Å². The topological polar surface area (TPSA) is 84.2 Å². The molecule has 0 bridgehead atoms. The first-order chi connectivity index (χ1) is 17.5. The van der Waals surface area contributed by atoms with E-state index in [-0.39, 0.29) is 30.8 Å². The molecule has 0 aliphatic carbocycles. The summed E-state index contributed by atoms with van der Waals surface area (Å²) in [6.45, 7) is 1.92. The first-order valence-electron chi connectivity index (χ1n) is 12.2. The highest BCUT2D eigenvalue weighted by Crippen LogP contribution is 2.34. The third kappa shape index (κ3) is 6.20. The highest BCUT2D eigenvalue weighted by Gasteiger charge is 2.41. The van der Waals surface area contributed by atoms with Crippen LogP contribution in [0.3, 0.4) is 0 Å². The first kappa shape index (κ1) is 27.3. The Bertz CT molecular complexity index is 1120. The molecule has 2 aliphatic rings. The minimum atomic E-state index is -1.64. The van der Waals surface area contributed by atoms with Gasteiger partial charge in [-0.1, -0.05) is 12.1 Å². The number of hydrogen-bond acceptors (Lipinski definition) is 6. The summed E-state index contributed by atoms with van der Waals surface area (Å²) in [4.78, 5) is 15.9. The lowest BCUT2D eigenvalue weighted by Gasteiger charge is -2.44. The summed E-state index contributed by atoms with van der Waals surface area (Å²) in [5.41, 5.74) is -2.06. The second kappa shape index (κ2) is 10.9. The molecular weight excluding hydrogens is 492 g/mol. The van der Waals surface area contributed by atoms with Crippen LogP contribution in [-0.2, 0) is 5.60 Å². The number of likely N-dealkylation sites (tertiary alicyclic amines) is 2. The molecule has 37 heavy (non-hydrogen) atoms. The van der Waals surface area contributed by atoms with Crippen molar-refractivity contribution in [2.75, 3.05) is 32.7 Å². The van der Waals surface area contributed by atoms with Gasteiger partial charge in [-0.15, -0.1) is 0 Å². The fourth-order valence-electron chi connectivity index (χ4n) is 4.93. The number of aliphatic hydroxyl groups is 3. The molecular formula is C27H30F4N2O4. The Labute approximate surface area is 212 Å². The first-order valence-corrected chi connectivity index (χ1v) is 12.2. The zero-order valence-electron chi connectivity index (χ0n) is 20.2. The highest BCUT2D eigenvalue weighted by atomic mass is 19.2. The van der Waals surface area contributed by atoms with Crippen LogP contribution >= 0.6 is 0 Å². The average molecular weight is 523 g/mol. The van der Waals surface area contributed by atoms with Crippen molar-refractivity contribution in [1.29, 1.82) is 0 Å². The van der Waals surface area contributed by atoms with Gasteiger partial charge in [0.1, 0.15) is 5.82 Å². The molecule has 2 heterocycles. The number of rotatable bonds is 7.